The Labute approximate surface area is 112 Å². The Morgan fingerprint density at radius 3 is 3.11 bits per heavy atom. The van der Waals surface area contributed by atoms with Crippen LogP contribution in [0.2, 0.25) is 0 Å². The minimum atomic E-state index is -0.586. The summed E-state index contributed by atoms with van der Waals surface area (Å²) in [5.74, 6) is -0.493. The zero-order chi connectivity index (χ0) is 13.5. The van der Waals surface area contributed by atoms with Crippen LogP contribution in [0.15, 0.2) is 53.3 Å². The van der Waals surface area contributed by atoms with Crippen LogP contribution in [0.1, 0.15) is 19.3 Å². The van der Waals surface area contributed by atoms with Gasteiger partial charge in [0.2, 0.25) is 0 Å². The molecule has 2 aliphatic rings. The summed E-state index contributed by atoms with van der Waals surface area (Å²) in [6.45, 7) is 0. The quantitative estimate of drug-likeness (QED) is 0.366. The van der Waals surface area contributed by atoms with Crippen LogP contribution in [-0.4, -0.2) is 23.4 Å². The lowest BCUT2D eigenvalue weighted by atomic mass is 9.96. The van der Waals surface area contributed by atoms with E-state index in [9.17, 15) is 9.90 Å². The molecule has 0 fully saturated rings. The van der Waals surface area contributed by atoms with Gasteiger partial charge in [-0.05, 0) is 24.8 Å². The Bertz CT molecular complexity index is 472. The van der Waals surface area contributed by atoms with Crippen molar-refractivity contribution in [3.8, 4) is 0 Å². The normalized spacial score (nSPS) is 26.3. The number of rotatable bonds is 3. The smallest absolute Gasteiger partial charge is 0.341 e. The van der Waals surface area contributed by atoms with Gasteiger partial charge in [0.1, 0.15) is 0 Å². The summed E-state index contributed by atoms with van der Waals surface area (Å²) >= 11 is 0. The Morgan fingerprint density at radius 1 is 1.42 bits per heavy atom. The van der Waals surface area contributed by atoms with E-state index in [1.165, 1.54) is 6.21 Å². The molecule has 0 aliphatic heterocycles. The van der Waals surface area contributed by atoms with Crippen LogP contribution in [0.4, 0.5) is 0 Å². The van der Waals surface area contributed by atoms with E-state index in [2.05, 4.69) is 5.16 Å². The fourth-order valence-corrected chi connectivity index (χ4v) is 1.91. The lowest BCUT2D eigenvalue weighted by Gasteiger charge is -2.12. The van der Waals surface area contributed by atoms with Gasteiger partial charge in [0, 0.05) is 0 Å². The van der Waals surface area contributed by atoms with Crippen LogP contribution in [0.25, 0.3) is 0 Å². The number of carbonyl (C=O) groups excluding carboxylic acids is 1. The number of hydrogen-bond donors (Lipinski definition) is 1. The molecule has 0 saturated heterocycles. The highest BCUT2D eigenvalue weighted by Crippen LogP contribution is 2.18. The molecule has 100 valence electrons. The zero-order valence-corrected chi connectivity index (χ0v) is 10.6. The molecular formula is C15H17NO3. The SMILES string of the molecule is O=C(O/N=C/C1=CC=CC(O)C=C1)C1C=CCCC1. The van der Waals surface area contributed by atoms with Gasteiger partial charge in [-0.1, -0.05) is 47.7 Å². The van der Waals surface area contributed by atoms with Gasteiger partial charge in [-0.3, -0.25) is 0 Å². The van der Waals surface area contributed by atoms with Crippen LogP contribution < -0.4 is 0 Å². The number of nitrogens with zero attached hydrogens (tertiary/aromatic N) is 1. The summed E-state index contributed by atoms with van der Waals surface area (Å²) in [6, 6.07) is 0. The molecule has 0 bridgehead atoms. The van der Waals surface area contributed by atoms with Crippen molar-refractivity contribution in [2.75, 3.05) is 0 Å². The monoisotopic (exact) mass is 259 g/mol. The molecule has 2 aliphatic carbocycles. The fraction of sp³-hybridized carbons (Fsp3) is 0.333. The average molecular weight is 259 g/mol. The van der Waals surface area contributed by atoms with Crippen molar-refractivity contribution in [2.45, 2.75) is 25.4 Å². The maximum atomic E-state index is 11.7. The minimum absolute atomic E-state index is 0.175. The summed E-state index contributed by atoms with van der Waals surface area (Å²) in [5.41, 5.74) is 0.764. The third-order valence-electron chi connectivity index (χ3n) is 2.98. The van der Waals surface area contributed by atoms with Crippen molar-refractivity contribution >= 4 is 12.2 Å². The third kappa shape index (κ3) is 4.34. The third-order valence-corrected chi connectivity index (χ3v) is 2.98. The van der Waals surface area contributed by atoms with Crippen molar-refractivity contribution in [3.05, 3.63) is 48.1 Å². The molecule has 0 aromatic heterocycles. The molecule has 2 unspecified atom stereocenters. The molecule has 2 rings (SSSR count). The lowest BCUT2D eigenvalue weighted by molar-refractivity contribution is -0.147. The summed E-state index contributed by atoms with van der Waals surface area (Å²) < 4.78 is 0. The highest BCUT2D eigenvalue weighted by atomic mass is 16.7. The van der Waals surface area contributed by atoms with E-state index in [1.807, 2.05) is 12.2 Å². The van der Waals surface area contributed by atoms with Gasteiger partial charge in [0.25, 0.3) is 0 Å². The number of aliphatic hydroxyl groups is 1. The van der Waals surface area contributed by atoms with Gasteiger partial charge in [-0.25, -0.2) is 4.79 Å². The first-order chi connectivity index (χ1) is 9.25. The molecule has 0 heterocycles. The van der Waals surface area contributed by atoms with Crippen molar-refractivity contribution < 1.29 is 14.7 Å². The van der Waals surface area contributed by atoms with Gasteiger partial charge in [0.05, 0.1) is 18.2 Å². The summed E-state index contributed by atoms with van der Waals surface area (Å²) in [6.07, 6.45) is 16.1. The largest absolute Gasteiger partial charge is 0.385 e. The highest BCUT2D eigenvalue weighted by molar-refractivity contribution is 5.83. The standard InChI is InChI=1S/C15H17NO3/c17-14-8-4-5-12(9-10-14)11-16-19-15(18)13-6-2-1-3-7-13/h2,4-6,8-11,13-14,17H,1,3,7H2/b16-11+. The van der Waals surface area contributed by atoms with E-state index in [4.69, 9.17) is 4.84 Å². The van der Waals surface area contributed by atoms with Crippen molar-refractivity contribution in [2.24, 2.45) is 11.1 Å². The Morgan fingerprint density at radius 2 is 2.32 bits per heavy atom. The first-order valence-corrected chi connectivity index (χ1v) is 6.41. The second-order valence-electron chi connectivity index (χ2n) is 4.51. The van der Waals surface area contributed by atoms with Crippen molar-refractivity contribution in [1.82, 2.24) is 0 Å². The van der Waals surface area contributed by atoms with Gasteiger partial charge in [-0.15, -0.1) is 0 Å². The Kier molecular flexibility index (Phi) is 4.86. The second kappa shape index (κ2) is 6.85. The van der Waals surface area contributed by atoms with Gasteiger partial charge < -0.3 is 9.94 Å². The number of carbonyl (C=O) groups is 1. The molecule has 0 spiro atoms. The van der Waals surface area contributed by atoms with E-state index in [-0.39, 0.29) is 11.9 Å². The predicted octanol–water partition coefficient (Wildman–Crippen LogP) is 2.29. The number of hydrogen-bond acceptors (Lipinski definition) is 4. The van der Waals surface area contributed by atoms with Crippen LogP contribution in [0.5, 0.6) is 0 Å². The number of oxime groups is 1. The number of aliphatic hydroxyl groups excluding tert-OH is 1. The zero-order valence-electron chi connectivity index (χ0n) is 10.6. The molecule has 0 aromatic carbocycles. The first-order valence-electron chi connectivity index (χ1n) is 6.41. The van der Waals surface area contributed by atoms with E-state index < -0.39 is 6.10 Å². The summed E-state index contributed by atoms with van der Waals surface area (Å²) in [4.78, 5) is 16.6. The van der Waals surface area contributed by atoms with E-state index in [0.29, 0.717) is 0 Å². The molecule has 0 amide bonds. The number of allylic oxidation sites excluding steroid dienone is 5. The van der Waals surface area contributed by atoms with Crippen LogP contribution in [-0.2, 0) is 9.63 Å². The first kappa shape index (κ1) is 13.5. The molecule has 0 saturated carbocycles. The van der Waals surface area contributed by atoms with E-state index >= 15 is 0 Å². The van der Waals surface area contributed by atoms with Gasteiger partial charge in [0.15, 0.2) is 0 Å². The van der Waals surface area contributed by atoms with E-state index in [1.54, 1.807) is 30.4 Å². The highest BCUT2D eigenvalue weighted by Gasteiger charge is 2.18. The van der Waals surface area contributed by atoms with Gasteiger partial charge >= 0.3 is 5.97 Å². The maximum Gasteiger partial charge on any atom is 0.341 e. The molecule has 4 heteroatoms. The topological polar surface area (TPSA) is 58.9 Å². The summed E-state index contributed by atoms with van der Waals surface area (Å²) in [5, 5.41) is 13.0. The second-order valence-corrected chi connectivity index (χ2v) is 4.51. The molecular weight excluding hydrogens is 242 g/mol. The molecule has 0 radical (unpaired) electrons. The van der Waals surface area contributed by atoms with E-state index in [0.717, 1.165) is 24.8 Å². The molecule has 19 heavy (non-hydrogen) atoms. The Balaban J connectivity index is 1.86. The van der Waals surface area contributed by atoms with Crippen LogP contribution in [0.3, 0.4) is 0 Å². The lowest BCUT2D eigenvalue weighted by Crippen LogP contribution is -2.15. The van der Waals surface area contributed by atoms with Gasteiger partial charge in [-0.2, -0.15) is 0 Å². The summed E-state index contributed by atoms with van der Waals surface area (Å²) in [7, 11) is 0. The Hall–Kier alpha value is -1.94. The molecule has 2 atom stereocenters. The molecule has 4 nitrogen and oxygen atoms in total. The molecule has 0 aromatic rings. The fourth-order valence-electron chi connectivity index (χ4n) is 1.91. The minimum Gasteiger partial charge on any atom is -0.385 e. The van der Waals surface area contributed by atoms with Crippen LogP contribution in [0, 0.1) is 5.92 Å². The molecule has 1 N–H and O–H groups in total. The van der Waals surface area contributed by atoms with Crippen molar-refractivity contribution in [1.29, 1.82) is 0 Å². The van der Waals surface area contributed by atoms with Crippen LogP contribution >= 0.6 is 0 Å². The van der Waals surface area contributed by atoms with Crippen molar-refractivity contribution in [3.63, 3.8) is 0 Å². The predicted molar refractivity (Wildman–Crippen MR) is 73.4 cm³/mol. The maximum absolute atomic E-state index is 11.7. The average Bonchev–Trinajstić information content (AvgIpc) is 2.65.